The molecule has 1 saturated heterocycles. The van der Waals surface area contributed by atoms with Crippen molar-refractivity contribution in [2.75, 3.05) is 19.6 Å². The van der Waals surface area contributed by atoms with Gasteiger partial charge in [-0.25, -0.2) is 0 Å². The molecule has 2 rings (SSSR count). The van der Waals surface area contributed by atoms with E-state index in [2.05, 4.69) is 5.32 Å². The van der Waals surface area contributed by atoms with Gasteiger partial charge in [0.2, 0.25) is 5.91 Å². The standard InChI is InChI=1S/C14H26N2O/c1-12(14(17)16-9-5-6-10-16)15-11-13-7-3-2-4-8-13/h12-13,15H,2-11H2,1H3. The summed E-state index contributed by atoms with van der Waals surface area (Å²) in [7, 11) is 0. The molecule has 1 unspecified atom stereocenters. The normalized spacial score (nSPS) is 23.9. The molecular formula is C14H26N2O. The molecule has 17 heavy (non-hydrogen) atoms. The lowest BCUT2D eigenvalue weighted by molar-refractivity contribution is -0.132. The van der Waals surface area contributed by atoms with Crippen LogP contribution in [0.5, 0.6) is 0 Å². The third kappa shape index (κ3) is 3.70. The van der Waals surface area contributed by atoms with Gasteiger partial charge in [0.05, 0.1) is 6.04 Å². The topological polar surface area (TPSA) is 32.3 Å². The van der Waals surface area contributed by atoms with Crippen molar-refractivity contribution in [3.63, 3.8) is 0 Å². The number of hydrogen-bond donors (Lipinski definition) is 1. The number of carbonyl (C=O) groups excluding carboxylic acids is 1. The van der Waals surface area contributed by atoms with Gasteiger partial charge in [0.25, 0.3) is 0 Å². The summed E-state index contributed by atoms with van der Waals surface area (Å²) >= 11 is 0. The van der Waals surface area contributed by atoms with E-state index in [0.717, 1.165) is 25.6 Å². The molecule has 3 heteroatoms. The summed E-state index contributed by atoms with van der Waals surface area (Å²) in [5, 5.41) is 3.44. The molecule has 98 valence electrons. The van der Waals surface area contributed by atoms with Crippen molar-refractivity contribution < 1.29 is 4.79 Å². The lowest BCUT2D eigenvalue weighted by Crippen LogP contribution is -2.45. The van der Waals surface area contributed by atoms with Crippen molar-refractivity contribution >= 4 is 5.91 Å². The maximum Gasteiger partial charge on any atom is 0.239 e. The number of amides is 1. The number of nitrogens with one attached hydrogen (secondary N) is 1. The molecule has 0 aromatic carbocycles. The van der Waals surface area contributed by atoms with E-state index in [-0.39, 0.29) is 6.04 Å². The first kappa shape index (κ1) is 12.9. The molecule has 3 nitrogen and oxygen atoms in total. The molecule has 1 amide bonds. The van der Waals surface area contributed by atoms with Gasteiger partial charge in [0.1, 0.15) is 0 Å². The second kappa shape index (κ2) is 6.39. The van der Waals surface area contributed by atoms with Crippen molar-refractivity contribution in [3.05, 3.63) is 0 Å². The molecular weight excluding hydrogens is 212 g/mol. The van der Waals surface area contributed by atoms with Crippen LogP contribution in [0.3, 0.4) is 0 Å². The Labute approximate surface area is 105 Å². The number of hydrogen-bond acceptors (Lipinski definition) is 2. The summed E-state index contributed by atoms with van der Waals surface area (Å²) in [6.45, 7) is 4.98. The average molecular weight is 238 g/mol. The molecule has 1 aliphatic heterocycles. The zero-order valence-corrected chi connectivity index (χ0v) is 11.1. The summed E-state index contributed by atoms with van der Waals surface area (Å²) in [5.41, 5.74) is 0. The molecule has 2 aliphatic rings. The molecule has 1 atom stereocenters. The second-order valence-corrected chi connectivity index (χ2v) is 5.67. The van der Waals surface area contributed by atoms with Crippen molar-refractivity contribution in [2.45, 2.75) is 57.9 Å². The van der Waals surface area contributed by atoms with Gasteiger partial charge < -0.3 is 10.2 Å². The van der Waals surface area contributed by atoms with Crippen LogP contribution in [0.4, 0.5) is 0 Å². The van der Waals surface area contributed by atoms with Crippen LogP contribution in [0.1, 0.15) is 51.9 Å². The van der Waals surface area contributed by atoms with Crippen LogP contribution in [-0.2, 0) is 4.79 Å². The number of rotatable bonds is 4. The van der Waals surface area contributed by atoms with Gasteiger partial charge in [0, 0.05) is 13.1 Å². The van der Waals surface area contributed by atoms with Crippen molar-refractivity contribution in [3.8, 4) is 0 Å². The Hall–Kier alpha value is -0.570. The minimum Gasteiger partial charge on any atom is -0.341 e. The van der Waals surface area contributed by atoms with Crippen LogP contribution in [0.2, 0.25) is 0 Å². The van der Waals surface area contributed by atoms with Gasteiger partial charge in [-0.15, -0.1) is 0 Å². The van der Waals surface area contributed by atoms with Gasteiger partial charge >= 0.3 is 0 Å². The van der Waals surface area contributed by atoms with Gasteiger partial charge in [-0.1, -0.05) is 19.3 Å². The van der Waals surface area contributed by atoms with E-state index in [9.17, 15) is 4.79 Å². The fraction of sp³-hybridized carbons (Fsp3) is 0.929. The Balaban J connectivity index is 1.68. The van der Waals surface area contributed by atoms with Crippen LogP contribution in [0, 0.1) is 5.92 Å². The third-order valence-electron chi connectivity index (χ3n) is 4.23. The highest BCUT2D eigenvalue weighted by Crippen LogP contribution is 2.22. The highest BCUT2D eigenvalue weighted by Gasteiger charge is 2.23. The molecule has 0 bridgehead atoms. The van der Waals surface area contributed by atoms with Crippen LogP contribution in [0.15, 0.2) is 0 Å². The molecule has 1 N–H and O–H groups in total. The molecule has 0 radical (unpaired) electrons. The molecule has 0 aromatic rings. The maximum atomic E-state index is 12.1. The largest absolute Gasteiger partial charge is 0.341 e. The van der Waals surface area contributed by atoms with Crippen LogP contribution in [0.25, 0.3) is 0 Å². The van der Waals surface area contributed by atoms with E-state index in [1.807, 2.05) is 11.8 Å². The van der Waals surface area contributed by atoms with E-state index >= 15 is 0 Å². The molecule has 0 spiro atoms. The van der Waals surface area contributed by atoms with Crippen molar-refractivity contribution in [1.82, 2.24) is 10.2 Å². The second-order valence-electron chi connectivity index (χ2n) is 5.67. The Morgan fingerprint density at radius 1 is 1.18 bits per heavy atom. The summed E-state index contributed by atoms with van der Waals surface area (Å²) in [4.78, 5) is 14.1. The van der Waals surface area contributed by atoms with E-state index < -0.39 is 0 Å². The van der Waals surface area contributed by atoms with Crippen molar-refractivity contribution in [2.24, 2.45) is 5.92 Å². The minimum atomic E-state index is 0.00928. The first-order valence-electron chi connectivity index (χ1n) is 7.29. The van der Waals surface area contributed by atoms with Crippen molar-refractivity contribution in [1.29, 1.82) is 0 Å². The molecule has 0 aromatic heterocycles. The number of nitrogens with zero attached hydrogens (tertiary/aromatic N) is 1. The zero-order chi connectivity index (χ0) is 12.1. The van der Waals surface area contributed by atoms with Gasteiger partial charge in [-0.3, -0.25) is 4.79 Å². The molecule has 1 saturated carbocycles. The first-order valence-corrected chi connectivity index (χ1v) is 7.29. The van der Waals surface area contributed by atoms with E-state index in [1.54, 1.807) is 0 Å². The average Bonchev–Trinajstić information content (AvgIpc) is 2.90. The Kier molecular flexibility index (Phi) is 4.84. The van der Waals surface area contributed by atoms with E-state index in [4.69, 9.17) is 0 Å². The van der Waals surface area contributed by atoms with Crippen LogP contribution >= 0.6 is 0 Å². The highest BCUT2D eigenvalue weighted by molar-refractivity contribution is 5.81. The highest BCUT2D eigenvalue weighted by atomic mass is 16.2. The third-order valence-corrected chi connectivity index (χ3v) is 4.23. The maximum absolute atomic E-state index is 12.1. The number of likely N-dealkylation sites (tertiary alicyclic amines) is 1. The van der Waals surface area contributed by atoms with Crippen LogP contribution in [-0.4, -0.2) is 36.5 Å². The summed E-state index contributed by atoms with van der Waals surface area (Å²) in [6.07, 6.45) is 9.21. The van der Waals surface area contributed by atoms with E-state index in [1.165, 1.54) is 44.9 Å². The first-order chi connectivity index (χ1) is 8.27. The molecule has 2 fully saturated rings. The number of carbonyl (C=O) groups is 1. The minimum absolute atomic E-state index is 0.00928. The quantitative estimate of drug-likeness (QED) is 0.814. The summed E-state index contributed by atoms with van der Waals surface area (Å²) in [6, 6.07) is 0.00928. The summed E-state index contributed by atoms with van der Waals surface area (Å²) in [5.74, 6) is 1.11. The predicted octanol–water partition coefficient (Wildman–Crippen LogP) is 2.17. The molecule has 1 aliphatic carbocycles. The fourth-order valence-electron chi connectivity index (χ4n) is 3.03. The van der Waals surface area contributed by atoms with E-state index in [0.29, 0.717) is 5.91 Å². The zero-order valence-electron chi connectivity index (χ0n) is 11.1. The monoisotopic (exact) mass is 238 g/mol. The predicted molar refractivity (Wildman–Crippen MR) is 69.9 cm³/mol. The Bertz CT molecular complexity index is 243. The SMILES string of the molecule is CC(NCC1CCCCC1)C(=O)N1CCCC1. The van der Waals surface area contributed by atoms with Gasteiger partial charge in [0.15, 0.2) is 0 Å². The van der Waals surface area contributed by atoms with Gasteiger partial charge in [-0.05, 0) is 45.1 Å². The molecule has 1 heterocycles. The fourth-order valence-corrected chi connectivity index (χ4v) is 3.03. The van der Waals surface area contributed by atoms with Gasteiger partial charge in [-0.2, -0.15) is 0 Å². The summed E-state index contributed by atoms with van der Waals surface area (Å²) < 4.78 is 0. The Morgan fingerprint density at radius 3 is 2.47 bits per heavy atom. The smallest absolute Gasteiger partial charge is 0.239 e. The Morgan fingerprint density at radius 2 is 1.82 bits per heavy atom. The van der Waals surface area contributed by atoms with Crippen LogP contribution < -0.4 is 5.32 Å². The lowest BCUT2D eigenvalue weighted by atomic mass is 9.89. The lowest BCUT2D eigenvalue weighted by Gasteiger charge is -2.25.